The summed E-state index contributed by atoms with van der Waals surface area (Å²) in [6, 6.07) is 7.52. The maximum atomic E-state index is 6.00. The van der Waals surface area contributed by atoms with Crippen molar-refractivity contribution in [3.05, 3.63) is 45.9 Å². The van der Waals surface area contributed by atoms with Crippen molar-refractivity contribution in [2.75, 3.05) is 0 Å². The number of nitrogens with one attached hydrogen (secondary N) is 2. The number of aromatic amines is 2. The minimum absolute atomic E-state index is 0.421. The van der Waals surface area contributed by atoms with Crippen molar-refractivity contribution in [2.45, 2.75) is 6.92 Å². The molecule has 0 bridgehead atoms. The largest absolute Gasteiger partial charge is 0.282 e. The summed E-state index contributed by atoms with van der Waals surface area (Å²) in [5, 5.41) is 10.7. The van der Waals surface area contributed by atoms with Gasteiger partial charge < -0.3 is 0 Å². The normalized spacial score (nSPS) is 10.8. The SMILES string of the molecule is Cc1c(-c2nc(=S)[nH][nH]2)cnn1-c1cccc(Cl)c1. The van der Waals surface area contributed by atoms with Gasteiger partial charge in [0.25, 0.3) is 0 Å². The van der Waals surface area contributed by atoms with E-state index >= 15 is 0 Å². The van der Waals surface area contributed by atoms with E-state index in [1.165, 1.54) is 0 Å². The Kier molecular flexibility index (Phi) is 2.96. The first-order valence-electron chi connectivity index (χ1n) is 5.61. The third kappa shape index (κ3) is 2.20. The molecule has 19 heavy (non-hydrogen) atoms. The van der Waals surface area contributed by atoms with E-state index in [-0.39, 0.29) is 0 Å². The Balaban J connectivity index is 2.11. The van der Waals surface area contributed by atoms with Gasteiger partial charge in [0.2, 0.25) is 4.77 Å². The first kappa shape index (κ1) is 12.1. The fourth-order valence-corrected chi connectivity index (χ4v) is 2.23. The van der Waals surface area contributed by atoms with Gasteiger partial charge in [0, 0.05) is 5.02 Å². The lowest BCUT2D eigenvalue weighted by Gasteiger charge is -2.05. The van der Waals surface area contributed by atoms with Crippen LogP contribution in [0, 0.1) is 11.7 Å². The number of benzene rings is 1. The Bertz CT molecular complexity index is 785. The molecule has 1 aromatic carbocycles. The second kappa shape index (κ2) is 4.64. The van der Waals surface area contributed by atoms with Gasteiger partial charge in [0.05, 0.1) is 23.1 Å². The monoisotopic (exact) mass is 291 g/mol. The van der Waals surface area contributed by atoms with Gasteiger partial charge in [-0.05, 0) is 37.3 Å². The van der Waals surface area contributed by atoms with Gasteiger partial charge in [-0.1, -0.05) is 17.7 Å². The first-order valence-corrected chi connectivity index (χ1v) is 6.39. The fraction of sp³-hybridized carbons (Fsp3) is 0.0833. The van der Waals surface area contributed by atoms with Crippen LogP contribution in [0.25, 0.3) is 17.1 Å². The molecule has 2 aromatic heterocycles. The van der Waals surface area contributed by atoms with Crippen LogP contribution in [0.1, 0.15) is 5.69 Å². The molecule has 96 valence electrons. The third-order valence-electron chi connectivity index (χ3n) is 2.82. The van der Waals surface area contributed by atoms with Crippen LogP contribution in [-0.2, 0) is 0 Å². The first-order chi connectivity index (χ1) is 9.15. The Labute approximate surface area is 119 Å². The summed E-state index contributed by atoms with van der Waals surface area (Å²) in [6.45, 7) is 1.97. The Morgan fingerprint density at radius 1 is 1.32 bits per heavy atom. The molecular formula is C12H10ClN5S. The van der Waals surface area contributed by atoms with Crippen LogP contribution in [0.4, 0.5) is 0 Å². The molecule has 2 heterocycles. The molecule has 5 nitrogen and oxygen atoms in total. The number of rotatable bonds is 2. The molecule has 0 aliphatic heterocycles. The fourth-order valence-electron chi connectivity index (χ4n) is 1.91. The molecule has 3 aromatic rings. The minimum Gasteiger partial charge on any atom is -0.282 e. The van der Waals surface area contributed by atoms with E-state index in [4.69, 9.17) is 23.8 Å². The molecule has 0 aliphatic rings. The van der Waals surface area contributed by atoms with Crippen molar-refractivity contribution in [2.24, 2.45) is 0 Å². The standard InChI is InChI=1S/C12H10ClN5S/c1-7-10(11-15-12(19)17-16-11)6-14-18(7)9-4-2-3-8(13)5-9/h2-6H,1H3,(H2,15,16,17,19). The highest BCUT2D eigenvalue weighted by Crippen LogP contribution is 2.22. The van der Waals surface area contributed by atoms with Gasteiger partial charge >= 0.3 is 0 Å². The zero-order valence-corrected chi connectivity index (χ0v) is 11.6. The summed E-state index contributed by atoms with van der Waals surface area (Å²) >= 11 is 10.9. The van der Waals surface area contributed by atoms with Gasteiger partial charge in [-0.2, -0.15) is 10.1 Å². The molecule has 0 unspecified atom stereocenters. The van der Waals surface area contributed by atoms with Crippen LogP contribution >= 0.6 is 23.8 Å². The number of hydrogen-bond donors (Lipinski definition) is 2. The van der Waals surface area contributed by atoms with Crippen molar-refractivity contribution in [1.82, 2.24) is 25.0 Å². The van der Waals surface area contributed by atoms with Crippen LogP contribution in [0.2, 0.25) is 5.02 Å². The number of nitrogens with zero attached hydrogens (tertiary/aromatic N) is 3. The lowest BCUT2D eigenvalue weighted by molar-refractivity contribution is 0.847. The van der Waals surface area contributed by atoms with E-state index in [0.29, 0.717) is 15.6 Å². The summed E-state index contributed by atoms with van der Waals surface area (Å²) < 4.78 is 2.23. The highest BCUT2D eigenvalue weighted by molar-refractivity contribution is 7.71. The molecule has 0 aliphatic carbocycles. The molecule has 0 saturated heterocycles. The van der Waals surface area contributed by atoms with E-state index in [0.717, 1.165) is 16.9 Å². The van der Waals surface area contributed by atoms with Gasteiger partial charge in [-0.15, -0.1) is 0 Å². The van der Waals surface area contributed by atoms with Crippen LogP contribution < -0.4 is 0 Å². The van der Waals surface area contributed by atoms with E-state index in [9.17, 15) is 0 Å². The zero-order valence-electron chi connectivity index (χ0n) is 10.0. The molecule has 0 saturated carbocycles. The molecule has 0 fully saturated rings. The maximum absolute atomic E-state index is 6.00. The topological polar surface area (TPSA) is 62.3 Å². The summed E-state index contributed by atoms with van der Waals surface area (Å²) in [5.41, 5.74) is 2.76. The van der Waals surface area contributed by atoms with Crippen LogP contribution in [0.15, 0.2) is 30.5 Å². The third-order valence-corrected chi connectivity index (χ3v) is 3.25. The van der Waals surface area contributed by atoms with Crippen molar-refractivity contribution in [1.29, 1.82) is 0 Å². The molecular weight excluding hydrogens is 282 g/mol. The zero-order chi connectivity index (χ0) is 13.4. The Hall–Kier alpha value is -1.92. The Morgan fingerprint density at radius 3 is 2.84 bits per heavy atom. The van der Waals surface area contributed by atoms with E-state index in [1.807, 2.05) is 35.9 Å². The van der Waals surface area contributed by atoms with Crippen molar-refractivity contribution >= 4 is 23.8 Å². The summed E-state index contributed by atoms with van der Waals surface area (Å²) in [7, 11) is 0. The molecule has 0 spiro atoms. The predicted octanol–water partition coefficient (Wildman–Crippen LogP) is 3.28. The van der Waals surface area contributed by atoms with E-state index in [1.54, 1.807) is 6.20 Å². The smallest absolute Gasteiger partial charge is 0.213 e. The molecule has 0 radical (unpaired) electrons. The highest BCUT2D eigenvalue weighted by Gasteiger charge is 2.12. The number of aromatic nitrogens is 5. The van der Waals surface area contributed by atoms with Crippen LogP contribution in [0.3, 0.4) is 0 Å². The quantitative estimate of drug-likeness (QED) is 0.712. The summed E-state index contributed by atoms with van der Waals surface area (Å²) in [6.07, 6.45) is 1.75. The lowest BCUT2D eigenvalue weighted by atomic mass is 10.2. The second-order valence-electron chi connectivity index (χ2n) is 4.05. The molecule has 0 amide bonds. The lowest BCUT2D eigenvalue weighted by Crippen LogP contribution is -1.98. The van der Waals surface area contributed by atoms with Crippen LogP contribution in [-0.4, -0.2) is 25.0 Å². The van der Waals surface area contributed by atoms with Crippen molar-refractivity contribution in [3.63, 3.8) is 0 Å². The van der Waals surface area contributed by atoms with Gasteiger partial charge in [0.15, 0.2) is 5.82 Å². The molecule has 2 N–H and O–H groups in total. The van der Waals surface area contributed by atoms with Gasteiger partial charge in [0.1, 0.15) is 0 Å². The molecule has 0 atom stereocenters. The minimum atomic E-state index is 0.421. The van der Waals surface area contributed by atoms with E-state index in [2.05, 4.69) is 20.3 Å². The average Bonchev–Trinajstić information content (AvgIpc) is 2.95. The maximum Gasteiger partial charge on any atom is 0.213 e. The number of H-pyrrole nitrogens is 2. The summed E-state index contributed by atoms with van der Waals surface area (Å²) in [4.78, 5) is 4.19. The number of hydrogen-bond acceptors (Lipinski definition) is 3. The van der Waals surface area contributed by atoms with Crippen LogP contribution in [0.5, 0.6) is 0 Å². The average molecular weight is 292 g/mol. The van der Waals surface area contributed by atoms with Gasteiger partial charge in [-0.3, -0.25) is 10.2 Å². The Morgan fingerprint density at radius 2 is 2.16 bits per heavy atom. The highest BCUT2D eigenvalue weighted by atomic mass is 35.5. The van der Waals surface area contributed by atoms with Crippen molar-refractivity contribution < 1.29 is 0 Å². The summed E-state index contributed by atoms with van der Waals surface area (Å²) in [5.74, 6) is 0.677. The predicted molar refractivity (Wildman–Crippen MR) is 76.1 cm³/mol. The second-order valence-corrected chi connectivity index (χ2v) is 4.87. The van der Waals surface area contributed by atoms with Gasteiger partial charge in [-0.25, -0.2) is 4.68 Å². The molecule has 3 rings (SSSR count). The number of halogens is 1. The molecule has 7 heteroatoms. The van der Waals surface area contributed by atoms with E-state index < -0.39 is 0 Å². The van der Waals surface area contributed by atoms with Crippen molar-refractivity contribution in [3.8, 4) is 17.1 Å².